The van der Waals surface area contributed by atoms with Crippen molar-refractivity contribution >= 4 is 33.9 Å². The second-order valence-electron chi connectivity index (χ2n) is 5.17. The summed E-state index contributed by atoms with van der Waals surface area (Å²) in [5, 5.41) is 11.6. The van der Waals surface area contributed by atoms with Crippen molar-refractivity contribution in [2.45, 2.75) is 10.1 Å². The van der Waals surface area contributed by atoms with Crippen LogP contribution in [-0.4, -0.2) is 19.3 Å². The van der Waals surface area contributed by atoms with Crippen LogP contribution in [0.1, 0.15) is 5.69 Å². The van der Waals surface area contributed by atoms with Gasteiger partial charge < -0.3 is 5.32 Å². The lowest BCUT2D eigenvalue weighted by Crippen LogP contribution is -2.37. The molecular weight excluding hydrogens is 365 g/mol. The van der Waals surface area contributed by atoms with Crippen molar-refractivity contribution in [1.82, 2.24) is 19.3 Å². The van der Waals surface area contributed by atoms with Gasteiger partial charge in [0.2, 0.25) is 5.13 Å². The van der Waals surface area contributed by atoms with E-state index >= 15 is 0 Å². The predicted octanol–water partition coefficient (Wildman–Crippen LogP) is 2.11. The number of nitrogens with one attached hydrogen (secondary N) is 1. The van der Waals surface area contributed by atoms with Gasteiger partial charge in [-0.15, -0.1) is 10.2 Å². The lowest BCUT2D eigenvalue weighted by molar-refractivity contribution is 0.628. The molecular formula is C15H14FN5O2S2. The Morgan fingerprint density at radius 1 is 1.20 bits per heavy atom. The quantitative estimate of drug-likeness (QED) is 0.684. The third-order valence-electron chi connectivity index (χ3n) is 3.45. The first-order valence-electron chi connectivity index (χ1n) is 7.19. The number of halogens is 1. The second-order valence-corrected chi connectivity index (χ2v) is 7.37. The summed E-state index contributed by atoms with van der Waals surface area (Å²) in [6.07, 6.45) is 0. The van der Waals surface area contributed by atoms with E-state index in [0.717, 1.165) is 4.57 Å². The maximum absolute atomic E-state index is 13.2. The van der Waals surface area contributed by atoms with Gasteiger partial charge in [0.25, 0.3) is 5.56 Å². The molecule has 1 aromatic carbocycles. The largest absolute Gasteiger partial charge is 0.330 e. The van der Waals surface area contributed by atoms with Crippen LogP contribution in [0.3, 0.4) is 0 Å². The molecule has 3 rings (SSSR count). The van der Waals surface area contributed by atoms with Crippen LogP contribution in [0.2, 0.25) is 0 Å². The molecule has 0 spiro atoms. The van der Waals surface area contributed by atoms with Crippen molar-refractivity contribution in [3.8, 4) is 0 Å². The molecule has 0 radical (unpaired) electrons. The first-order valence-corrected chi connectivity index (χ1v) is 8.99. The second kappa shape index (κ2) is 7.19. The lowest BCUT2D eigenvalue weighted by atomic mass is 10.3. The van der Waals surface area contributed by atoms with Crippen molar-refractivity contribution in [2.24, 2.45) is 14.1 Å². The Labute approximate surface area is 150 Å². The molecule has 1 N–H and O–H groups in total. The Kier molecular flexibility index (Phi) is 5.00. The fraction of sp³-hybridized carbons (Fsp3) is 0.200. The van der Waals surface area contributed by atoms with Gasteiger partial charge in [0.05, 0.1) is 0 Å². The van der Waals surface area contributed by atoms with Crippen LogP contribution in [0.5, 0.6) is 0 Å². The van der Waals surface area contributed by atoms with E-state index in [-0.39, 0.29) is 17.1 Å². The zero-order chi connectivity index (χ0) is 18.0. The maximum atomic E-state index is 13.2. The molecule has 130 valence electrons. The van der Waals surface area contributed by atoms with Crippen LogP contribution in [0.25, 0.3) is 0 Å². The molecule has 0 amide bonds. The molecule has 10 heteroatoms. The molecule has 25 heavy (non-hydrogen) atoms. The van der Waals surface area contributed by atoms with Gasteiger partial charge in [-0.1, -0.05) is 29.2 Å². The Bertz CT molecular complexity index is 1030. The Hall–Kier alpha value is -2.46. The minimum absolute atomic E-state index is 0.337. The summed E-state index contributed by atoms with van der Waals surface area (Å²) < 4.78 is 16.3. The van der Waals surface area contributed by atoms with E-state index in [2.05, 4.69) is 15.5 Å². The van der Waals surface area contributed by atoms with Crippen molar-refractivity contribution in [3.63, 3.8) is 0 Å². The molecule has 0 fully saturated rings. The summed E-state index contributed by atoms with van der Waals surface area (Å²) in [7, 11) is 3.06. The van der Waals surface area contributed by atoms with Gasteiger partial charge in [-0.3, -0.25) is 13.9 Å². The molecule has 0 aliphatic carbocycles. The molecule has 0 aliphatic rings. The van der Waals surface area contributed by atoms with Gasteiger partial charge in [-0.05, 0) is 18.2 Å². The van der Waals surface area contributed by atoms with E-state index in [1.165, 1.54) is 52.9 Å². The fourth-order valence-electron chi connectivity index (χ4n) is 2.06. The first kappa shape index (κ1) is 17.4. The summed E-state index contributed by atoms with van der Waals surface area (Å²) in [6.45, 7) is 0. The number of anilines is 2. The van der Waals surface area contributed by atoms with Gasteiger partial charge >= 0.3 is 5.69 Å². The number of aromatic nitrogens is 4. The van der Waals surface area contributed by atoms with Crippen LogP contribution in [0, 0.1) is 5.82 Å². The minimum atomic E-state index is -0.367. The van der Waals surface area contributed by atoms with E-state index < -0.39 is 0 Å². The highest BCUT2D eigenvalue weighted by molar-refractivity contribution is 8.00. The van der Waals surface area contributed by atoms with Gasteiger partial charge in [-0.25, -0.2) is 9.18 Å². The number of nitrogens with zero attached hydrogens (tertiary/aromatic N) is 4. The summed E-state index contributed by atoms with van der Waals surface area (Å²) >= 11 is 2.68. The van der Waals surface area contributed by atoms with E-state index in [1.807, 2.05) is 0 Å². The van der Waals surface area contributed by atoms with E-state index in [9.17, 15) is 14.0 Å². The summed E-state index contributed by atoms with van der Waals surface area (Å²) in [6, 6.07) is 7.49. The highest BCUT2D eigenvalue weighted by atomic mass is 32.2. The number of rotatable bonds is 5. The summed E-state index contributed by atoms with van der Waals surface area (Å²) in [4.78, 5) is 23.6. The average Bonchev–Trinajstić information content (AvgIpc) is 3.02. The Morgan fingerprint density at radius 3 is 2.76 bits per heavy atom. The minimum Gasteiger partial charge on any atom is -0.330 e. The highest BCUT2D eigenvalue weighted by Crippen LogP contribution is 2.29. The number of hydrogen-bond donors (Lipinski definition) is 1. The van der Waals surface area contributed by atoms with Gasteiger partial charge in [-0.2, -0.15) is 0 Å². The van der Waals surface area contributed by atoms with Crippen LogP contribution in [0.15, 0.2) is 44.3 Å². The summed E-state index contributed by atoms with van der Waals surface area (Å²) in [5.41, 5.74) is 0.479. The number of hydrogen-bond acceptors (Lipinski definition) is 7. The van der Waals surface area contributed by atoms with Crippen LogP contribution in [-0.2, 0) is 19.8 Å². The monoisotopic (exact) mass is 379 g/mol. The van der Waals surface area contributed by atoms with Crippen molar-refractivity contribution < 1.29 is 4.39 Å². The van der Waals surface area contributed by atoms with Crippen LogP contribution < -0.4 is 16.6 Å². The van der Waals surface area contributed by atoms with Crippen LogP contribution in [0.4, 0.5) is 15.2 Å². The predicted molar refractivity (Wildman–Crippen MR) is 96.1 cm³/mol. The van der Waals surface area contributed by atoms with E-state index in [4.69, 9.17) is 0 Å². The van der Waals surface area contributed by atoms with Gasteiger partial charge in [0, 0.05) is 37.3 Å². The average molecular weight is 379 g/mol. The Balaban J connectivity index is 1.70. The molecule has 2 heterocycles. The zero-order valence-electron chi connectivity index (χ0n) is 13.4. The maximum Gasteiger partial charge on any atom is 0.330 e. The van der Waals surface area contributed by atoms with Crippen molar-refractivity contribution in [3.05, 3.63) is 62.7 Å². The SMILES string of the molecule is Cn1c(CSc2nnc(Nc3cccc(F)c3)s2)cc(=O)n(C)c1=O. The Morgan fingerprint density at radius 2 is 2.00 bits per heavy atom. The van der Waals surface area contributed by atoms with Gasteiger partial charge in [0.1, 0.15) is 5.82 Å². The standard InChI is InChI=1S/C15H14FN5O2S2/c1-20-11(7-12(22)21(2)15(20)23)8-24-14-19-18-13(25-14)17-10-5-3-4-9(16)6-10/h3-7H,8H2,1-2H3,(H,17,18). The van der Waals surface area contributed by atoms with Crippen LogP contribution >= 0.6 is 23.1 Å². The topological polar surface area (TPSA) is 81.8 Å². The molecule has 7 nitrogen and oxygen atoms in total. The van der Waals surface area contributed by atoms with Crippen molar-refractivity contribution in [2.75, 3.05) is 5.32 Å². The molecule has 0 atom stereocenters. The molecule has 0 saturated carbocycles. The summed E-state index contributed by atoms with van der Waals surface area (Å²) in [5.74, 6) is 0.0758. The van der Waals surface area contributed by atoms with Crippen molar-refractivity contribution in [1.29, 1.82) is 0 Å². The number of thioether (sulfide) groups is 1. The zero-order valence-corrected chi connectivity index (χ0v) is 15.0. The third kappa shape index (κ3) is 3.97. The number of benzene rings is 1. The lowest BCUT2D eigenvalue weighted by Gasteiger charge is -2.07. The van der Waals surface area contributed by atoms with E-state index in [0.29, 0.717) is 26.6 Å². The molecule has 0 unspecified atom stereocenters. The fourth-order valence-corrected chi connectivity index (χ4v) is 3.85. The van der Waals surface area contributed by atoms with Gasteiger partial charge in [0.15, 0.2) is 4.34 Å². The highest BCUT2D eigenvalue weighted by Gasteiger charge is 2.10. The molecule has 3 aromatic rings. The molecule has 0 aliphatic heterocycles. The normalized spacial score (nSPS) is 10.8. The smallest absolute Gasteiger partial charge is 0.330 e. The molecule has 0 saturated heterocycles. The molecule has 2 aromatic heterocycles. The van der Waals surface area contributed by atoms with E-state index in [1.54, 1.807) is 19.2 Å². The first-order chi connectivity index (χ1) is 11.9. The molecule has 0 bridgehead atoms. The third-order valence-corrected chi connectivity index (χ3v) is 5.46.